The molecule has 3 amide bonds. The molecule has 0 radical (unpaired) electrons. The number of likely N-dealkylation sites (tertiary alicyclic amines) is 1. The zero-order valence-corrected chi connectivity index (χ0v) is 24.7. The molecule has 0 aliphatic carbocycles. The van der Waals surface area contributed by atoms with Crippen LogP contribution in [0.2, 0.25) is 0 Å². The lowest BCUT2D eigenvalue weighted by Crippen LogP contribution is -2.55. The average Bonchev–Trinajstić information content (AvgIpc) is 3.37. The summed E-state index contributed by atoms with van der Waals surface area (Å²) in [5.41, 5.74) is 15.4. The van der Waals surface area contributed by atoms with E-state index in [-0.39, 0.29) is 37.6 Å². The second-order valence-corrected chi connectivity index (χ2v) is 12.7. The van der Waals surface area contributed by atoms with Gasteiger partial charge in [0.1, 0.15) is 12.1 Å². The van der Waals surface area contributed by atoms with Crippen LogP contribution in [0.4, 0.5) is 0 Å². The molecule has 1 unspecified atom stereocenters. The van der Waals surface area contributed by atoms with E-state index in [2.05, 4.69) is 15.4 Å². The molecule has 12 nitrogen and oxygen atoms in total. The molecular weight excluding hydrogens is 558 g/mol. The van der Waals surface area contributed by atoms with Crippen LogP contribution in [0.3, 0.4) is 0 Å². The molecule has 3 atom stereocenters. The summed E-state index contributed by atoms with van der Waals surface area (Å²) in [6.45, 7) is 4.68. The van der Waals surface area contributed by atoms with Crippen LogP contribution < -0.4 is 26.8 Å². The molecule has 4 rings (SSSR count). The molecule has 2 aliphatic heterocycles. The molecule has 0 aromatic heterocycles. The van der Waals surface area contributed by atoms with Gasteiger partial charge in [-0.15, -0.1) is 0 Å². The molecular formula is C29H41N7O5S. The third-order valence-corrected chi connectivity index (χ3v) is 8.98. The summed E-state index contributed by atoms with van der Waals surface area (Å²) in [6, 6.07) is 11.6. The van der Waals surface area contributed by atoms with E-state index in [1.807, 2.05) is 25.1 Å². The maximum atomic E-state index is 13.9. The van der Waals surface area contributed by atoms with Gasteiger partial charge >= 0.3 is 0 Å². The van der Waals surface area contributed by atoms with Crippen LogP contribution >= 0.6 is 0 Å². The third-order valence-electron chi connectivity index (χ3n) is 7.62. The summed E-state index contributed by atoms with van der Waals surface area (Å²) >= 11 is 0. The topological polar surface area (TPSA) is 180 Å². The van der Waals surface area contributed by atoms with Gasteiger partial charge in [-0.1, -0.05) is 54.1 Å². The summed E-state index contributed by atoms with van der Waals surface area (Å²) in [5.74, 6) is -1.75. The molecule has 42 heavy (non-hydrogen) atoms. The first-order chi connectivity index (χ1) is 20.1. The van der Waals surface area contributed by atoms with Gasteiger partial charge in [0, 0.05) is 51.9 Å². The van der Waals surface area contributed by atoms with Crippen molar-refractivity contribution in [2.75, 3.05) is 32.7 Å². The van der Waals surface area contributed by atoms with Crippen LogP contribution in [0.15, 0.2) is 48.5 Å². The highest BCUT2D eigenvalue weighted by atomic mass is 32.2. The number of nitrogens with two attached hydrogens (primary N) is 2. The number of amides is 3. The fourth-order valence-electron chi connectivity index (χ4n) is 5.43. The van der Waals surface area contributed by atoms with Gasteiger partial charge in [-0.25, -0.2) is 13.1 Å². The Balaban J connectivity index is 1.52. The van der Waals surface area contributed by atoms with E-state index in [0.717, 1.165) is 16.7 Å². The summed E-state index contributed by atoms with van der Waals surface area (Å²) in [4.78, 5) is 43.4. The number of hydrogen-bond acceptors (Lipinski definition) is 8. The molecule has 228 valence electrons. The Morgan fingerprint density at radius 1 is 1.07 bits per heavy atom. The standard InChI is InChI=1S/C29H41N7O5S/c1-20-7-8-22(16-30)23(13-20)17-33-28(38)26-14-24(31)18-36(26)29(39)25(15-27(37)35-11-9-32-10-12-35)34-42(40,41)19-21-5-3-2-4-6-21/h2-8,13,24-26,32,34H,9-12,14-19,30-31H2,1H3,(H,33,38)/t24?,25-,26+/m1/s1. The minimum Gasteiger partial charge on any atom is -0.350 e. The number of nitrogens with one attached hydrogen (secondary N) is 3. The number of aryl methyl sites for hydroxylation is 1. The first kappa shape index (κ1) is 31.6. The lowest BCUT2D eigenvalue weighted by Gasteiger charge is -2.31. The average molecular weight is 600 g/mol. The van der Waals surface area contributed by atoms with Crippen molar-refractivity contribution in [1.29, 1.82) is 0 Å². The zero-order valence-electron chi connectivity index (χ0n) is 23.9. The molecule has 0 spiro atoms. The second-order valence-electron chi connectivity index (χ2n) is 10.9. The van der Waals surface area contributed by atoms with E-state index < -0.39 is 40.0 Å². The van der Waals surface area contributed by atoms with E-state index in [1.165, 1.54) is 4.90 Å². The fraction of sp³-hybridized carbons (Fsp3) is 0.483. The first-order valence-electron chi connectivity index (χ1n) is 14.2. The van der Waals surface area contributed by atoms with Gasteiger partial charge in [-0.05, 0) is 30.0 Å². The summed E-state index contributed by atoms with van der Waals surface area (Å²) < 4.78 is 28.8. The Morgan fingerprint density at radius 2 is 1.79 bits per heavy atom. The number of hydrogen-bond donors (Lipinski definition) is 5. The van der Waals surface area contributed by atoms with E-state index in [0.29, 0.717) is 38.3 Å². The highest BCUT2D eigenvalue weighted by Gasteiger charge is 2.42. The number of carbonyl (C=O) groups is 3. The molecule has 2 heterocycles. The van der Waals surface area contributed by atoms with Crippen molar-refractivity contribution in [1.82, 2.24) is 25.2 Å². The van der Waals surface area contributed by atoms with Crippen LogP contribution in [0, 0.1) is 6.92 Å². The van der Waals surface area contributed by atoms with Gasteiger partial charge in [-0.2, -0.15) is 0 Å². The van der Waals surface area contributed by atoms with Crippen LogP contribution in [-0.4, -0.2) is 86.8 Å². The maximum Gasteiger partial charge on any atom is 0.243 e. The summed E-state index contributed by atoms with van der Waals surface area (Å²) in [6.07, 6.45) is -0.152. The predicted molar refractivity (Wildman–Crippen MR) is 159 cm³/mol. The van der Waals surface area contributed by atoms with Crippen molar-refractivity contribution in [3.8, 4) is 0 Å². The fourth-order valence-corrected chi connectivity index (χ4v) is 6.76. The molecule has 7 N–H and O–H groups in total. The number of carbonyl (C=O) groups excluding carboxylic acids is 3. The van der Waals surface area contributed by atoms with Gasteiger partial charge in [0.25, 0.3) is 0 Å². The van der Waals surface area contributed by atoms with Crippen LogP contribution in [0.25, 0.3) is 0 Å². The summed E-state index contributed by atoms with van der Waals surface area (Å²) in [5, 5.41) is 6.06. The van der Waals surface area contributed by atoms with Gasteiger partial charge in [-0.3, -0.25) is 14.4 Å². The largest absolute Gasteiger partial charge is 0.350 e. The molecule has 2 aliphatic rings. The van der Waals surface area contributed by atoms with Crippen LogP contribution in [0.5, 0.6) is 0 Å². The van der Waals surface area contributed by atoms with Crippen LogP contribution in [0.1, 0.15) is 35.1 Å². The van der Waals surface area contributed by atoms with Crippen molar-refractivity contribution in [3.05, 3.63) is 70.8 Å². The van der Waals surface area contributed by atoms with Gasteiger partial charge in [0.2, 0.25) is 27.7 Å². The molecule has 2 aromatic rings. The maximum absolute atomic E-state index is 13.9. The zero-order chi connectivity index (χ0) is 30.3. The Bertz CT molecular complexity index is 1370. The molecule has 2 fully saturated rings. The van der Waals surface area contributed by atoms with Gasteiger partial charge in [0.15, 0.2) is 0 Å². The van der Waals surface area contributed by atoms with Crippen molar-refractivity contribution >= 4 is 27.7 Å². The smallest absolute Gasteiger partial charge is 0.243 e. The predicted octanol–water partition coefficient (Wildman–Crippen LogP) is -0.692. The highest BCUT2D eigenvalue weighted by molar-refractivity contribution is 7.88. The molecule has 0 saturated carbocycles. The summed E-state index contributed by atoms with van der Waals surface area (Å²) in [7, 11) is -4.02. The van der Waals surface area contributed by atoms with Crippen LogP contribution in [-0.2, 0) is 43.2 Å². The lowest BCUT2D eigenvalue weighted by atomic mass is 10.0. The number of nitrogens with zero attached hydrogens (tertiary/aromatic N) is 2. The normalized spacial score (nSPS) is 19.9. The quantitative estimate of drug-likeness (QED) is 0.225. The van der Waals surface area contributed by atoms with E-state index in [4.69, 9.17) is 11.5 Å². The molecule has 2 saturated heterocycles. The molecule has 13 heteroatoms. The Kier molecular flexibility index (Phi) is 10.7. The van der Waals surface area contributed by atoms with E-state index in [9.17, 15) is 22.8 Å². The first-order valence-corrected chi connectivity index (χ1v) is 15.9. The third kappa shape index (κ3) is 8.35. The van der Waals surface area contributed by atoms with Crippen molar-refractivity contribution < 1.29 is 22.8 Å². The van der Waals surface area contributed by atoms with Gasteiger partial charge in [0.05, 0.1) is 12.2 Å². The highest BCUT2D eigenvalue weighted by Crippen LogP contribution is 2.21. The van der Waals surface area contributed by atoms with Crippen molar-refractivity contribution in [2.45, 2.75) is 56.7 Å². The Labute approximate surface area is 247 Å². The number of benzene rings is 2. The van der Waals surface area contributed by atoms with Crippen molar-refractivity contribution in [2.24, 2.45) is 11.5 Å². The number of rotatable bonds is 11. The number of sulfonamides is 1. The minimum atomic E-state index is -4.02. The Morgan fingerprint density at radius 3 is 2.48 bits per heavy atom. The Hall–Kier alpha value is -3.36. The number of piperazine rings is 1. The molecule has 0 bridgehead atoms. The SMILES string of the molecule is Cc1ccc(CN)c(CNC(=O)[C@@H]2CC(N)CN2C(=O)[C@@H](CC(=O)N2CCNCC2)NS(=O)(=O)Cc2ccccc2)c1. The van der Waals surface area contributed by atoms with Crippen molar-refractivity contribution in [3.63, 3.8) is 0 Å². The second kappa shape index (κ2) is 14.2. The van der Waals surface area contributed by atoms with Gasteiger partial charge < -0.3 is 31.9 Å². The van der Waals surface area contributed by atoms with E-state index in [1.54, 1.807) is 35.2 Å². The van der Waals surface area contributed by atoms with E-state index >= 15 is 0 Å². The minimum absolute atomic E-state index is 0.0636. The molecule has 2 aromatic carbocycles. The monoisotopic (exact) mass is 599 g/mol. The lowest BCUT2D eigenvalue weighted by molar-refractivity contribution is -0.142.